The van der Waals surface area contributed by atoms with E-state index in [1.54, 1.807) is 12.1 Å². The second kappa shape index (κ2) is 10.4. The summed E-state index contributed by atoms with van der Waals surface area (Å²) in [4.78, 5) is 28.3. The summed E-state index contributed by atoms with van der Waals surface area (Å²) in [5.74, 6) is 0.405. The maximum absolute atomic E-state index is 13.2. The third-order valence-corrected chi connectivity index (χ3v) is 5.87. The number of hydrogen-bond donors (Lipinski definition) is 3. The normalized spacial score (nSPS) is 15.1. The van der Waals surface area contributed by atoms with E-state index in [0.29, 0.717) is 36.6 Å². The first-order valence-corrected chi connectivity index (χ1v) is 11.4. The van der Waals surface area contributed by atoms with Gasteiger partial charge in [0.1, 0.15) is 17.3 Å². The van der Waals surface area contributed by atoms with Crippen molar-refractivity contribution in [1.29, 1.82) is 0 Å². The summed E-state index contributed by atoms with van der Waals surface area (Å²) in [7, 11) is 0. The van der Waals surface area contributed by atoms with Crippen molar-refractivity contribution in [2.75, 3.05) is 10.6 Å². The minimum atomic E-state index is -4.54. The van der Waals surface area contributed by atoms with E-state index < -0.39 is 17.7 Å². The number of carbonyl (C=O) groups is 2. The molecule has 36 heavy (non-hydrogen) atoms. The van der Waals surface area contributed by atoms with Gasteiger partial charge in [0.15, 0.2) is 0 Å². The molecule has 0 saturated carbocycles. The molecule has 0 aliphatic heterocycles. The summed E-state index contributed by atoms with van der Waals surface area (Å²) in [6.45, 7) is 1.31. The molecule has 1 aliphatic carbocycles. The van der Waals surface area contributed by atoms with Gasteiger partial charge in [-0.3, -0.25) is 9.59 Å². The third kappa shape index (κ3) is 6.19. The average molecular weight is 499 g/mol. The van der Waals surface area contributed by atoms with Crippen LogP contribution in [0.2, 0.25) is 0 Å². The smallest absolute Gasteiger partial charge is 0.416 e. The molecule has 0 fully saturated rings. The van der Waals surface area contributed by atoms with Gasteiger partial charge in [0.2, 0.25) is 11.8 Å². The number of nitrogens with zero attached hydrogens (tertiary/aromatic N) is 1. The lowest BCUT2D eigenvalue weighted by Gasteiger charge is -2.25. The van der Waals surface area contributed by atoms with E-state index in [-0.39, 0.29) is 29.6 Å². The molecule has 1 heterocycles. The SMILES string of the molecule is CC(=O)Nc1cc(Oc2ccc3c(c2)C[C@H](C(=O)Nc2cc(CN)cc(C(F)(F)F)c2)CC3)ccn1. The van der Waals surface area contributed by atoms with Crippen molar-refractivity contribution < 1.29 is 27.5 Å². The molecule has 0 saturated heterocycles. The second-order valence-corrected chi connectivity index (χ2v) is 8.64. The van der Waals surface area contributed by atoms with Crippen molar-refractivity contribution >= 4 is 23.3 Å². The van der Waals surface area contributed by atoms with Gasteiger partial charge in [0.25, 0.3) is 0 Å². The van der Waals surface area contributed by atoms with Crippen LogP contribution in [0.3, 0.4) is 0 Å². The van der Waals surface area contributed by atoms with Crippen molar-refractivity contribution in [3.63, 3.8) is 0 Å². The van der Waals surface area contributed by atoms with E-state index in [4.69, 9.17) is 10.5 Å². The highest BCUT2D eigenvalue weighted by atomic mass is 19.4. The number of pyridine rings is 1. The fraction of sp³-hybridized carbons (Fsp3) is 0.269. The summed E-state index contributed by atoms with van der Waals surface area (Å²) < 4.78 is 45.6. The number of amides is 2. The Bertz CT molecular complexity index is 1290. The van der Waals surface area contributed by atoms with Crippen LogP contribution in [-0.4, -0.2) is 16.8 Å². The van der Waals surface area contributed by atoms with E-state index >= 15 is 0 Å². The molecule has 0 bridgehead atoms. The number of alkyl halides is 3. The molecule has 1 aromatic heterocycles. The number of benzene rings is 2. The lowest BCUT2D eigenvalue weighted by molar-refractivity contribution is -0.137. The minimum absolute atomic E-state index is 0.0733. The zero-order chi connectivity index (χ0) is 25.9. The Morgan fingerprint density at radius 3 is 2.56 bits per heavy atom. The highest BCUT2D eigenvalue weighted by Crippen LogP contribution is 2.34. The first kappa shape index (κ1) is 25.2. The number of halogens is 3. The van der Waals surface area contributed by atoms with Crippen LogP contribution in [0.25, 0.3) is 0 Å². The monoisotopic (exact) mass is 498 g/mol. The number of hydrogen-bond acceptors (Lipinski definition) is 5. The van der Waals surface area contributed by atoms with Crippen LogP contribution in [0.5, 0.6) is 11.5 Å². The molecule has 2 amide bonds. The molecule has 1 aliphatic rings. The number of nitrogens with two attached hydrogens (primary N) is 1. The number of aryl methyl sites for hydroxylation is 1. The molecule has 7 nitrogen and oxygen atoms in total. The van der Waals surface area contributed by atoms with Gasteiger partial charge >= 0.3 is 6.18 Å². The fourth-order valence-corrected chi connectivity index (χ4v) is 4.17. The van der Waals surface area contributed by atoms with E-state index in [2.05, 4.69) is 15.6 Å². The van der Waals surface area contributed by atoms with Crippen LogP contribution in [-0.2, 0) is 35.2 Å². The van der Waals surface area contributed by atoms with Gasteiger partial charge in [0.05, 0.1) is 5.56 Å². The van der Waals surface area contributed by atoms with Crippen molar-refractivity contribution in [2.45, 2.75) is 38.9 Å². The Morgan fingerprint density at radius 1 is 1.06 bits per heavy atom. The second-order valence-electron chi connectivity index (χ2n) is 8.64. The molecular weight excluding hydrogens is 473 g/mol. The molecule has 10 heteroatoms. The zero-order valence-corrected chi connectivity index (χ0v) is 19.5. The number of anilines is 2. The Balaban J connectivity index is 1.47. The molecule has 3 aromatic rings. The first-order valence-electron chi connectivity index (χ1n) is 11.4. The van der Waals surface area contributed by atoms with Crippen molar-refractivity contribution in [3.05, 3.63) is 77.0 Å². The van der Waals surface area contributed by atoms with Crippen LogP contribution in [0, 0.1) is 5.92 Å². The van der Waals surface area contributed by atoms with Crippen LogP contribution in [0.15, 0.2) is 54.7 Å². The average Bonchev–Trinajstić information content (AvgIpc) is 2.82. The van der Waals surface area contributed by atoms with E-state index in [1.165, 1.54) is 19.2 Å². The number of rotatable bonds is 6. The largest absolute Gasteiger partial charge is 0.457 e. The van der Waals surface area contributed by atoms with Gasteiger partial charge in [-0.15, -0.1) is 0 Å². The Kier molecular flexibility index (Phi) is 7.25. The van der Waals surface area contributed by atoms with Gasteiger partial charge < -0.3 is 21.1 Å². The van der Waals surface area contributed by atoms with E-state index in [9.17, 15) is 22.8 Å². The maximum atomic E-state index is 13.2. The molecule has 2 aromatic carbocycles. The molecule has 0 unspecified atom stereocenters. The van der Waals surface area contributed by atoms with Crippen molar-refractivity contribution in [3.8, 4) is 11.5 Å². The van der Waals surface area contributed by atoms with Gasteiger partial charge in [-0.2, -0.15) is 13.2 Å². The quantitative estimate of drug-likeness (QED) is 0.441. The minimum Gasteiger partial charge on any atom is -0.457 e. The Labute approximate surface area is 205 Å². The first-order chi connectivity index (χ1) is 17.1. The maximum Gasteiger partial charge on any atom is 0.416 e. The molecule has 4 N–H and O–H groups in total. The number of ether oxygens (including phenoxy) is 1. The Morgan fingerprint density at radius 2 is 1.83 bits per heavy atom. The van der Waals surface area contributed by atoms with E-state index in [0.717, 1.165) is 23.3 Å². The standard InChI is InChI=1S/C26H25F3N4O3/c1-15(34)32-24-13-23(6-7-31-24)36-22-5-4-17-2-3-18(10-19(17)11-22)25(35)33-21-9-16(14-30)8-20(12-21)26(27,28)29/h4-9,11-13,18H,2-3,10,14,30H2,1H3,(H,33,35)(H,31,32,34)/t18-/m1/s1. The topological polar surface area (TPSA) is 106 Å². The van der Waals surface area contributed by atoms with Gasteiger partial charge in [-0.25, -0.2) is 4.98 Å². The van der Waals surface area contributed by atoms with Crippen molar-refractivity contribution in [2.24, 2.45) is 11.7 Å². The lowest BCUT2D eigenvalue weighted by atomic mass is 9.83. The molecule has 0 spiro atoms. The molecular formula is C26H25F3N4O3. The number of aromatic nitrogens is 1. The summed E-state index contributed by atoms with van der Waals surface area (Å²) >= 11 is 0. The van der Waals surface area contributed by atoms with Crippen LogP contribution in [0.4, 0.5) is 24.7 Å². The van der Waals surface area contributed by atoms with Crippen LogP contribution < -0.4 is 21.1 Å². The summed E-state index contributed by atoms with van der Waals surface area (Å²) in [6.07, 6.45) is -1.36. The Hall–Kier alpha value is -3.92. The molecule has 0 radical (unpaired) electrons. The molecule has 4 rings (SSSR count). The molecule has 1 atom stereocenters. The van der Waals surface area contributed by atoms with Crippen LogP contribution >= 0.6 is 0 Å². The number of carbonyl (C=O) groups excluding carboxylic acids is 2. The molecule has 188 valence electrons. The van der Waals surface area contributed by atoms with Gasteiger partial charge in [-0.1, -0.05) is 6.07 Å². The number of fused-ring (bicyclic) bond motifs is 1. The number of nitrogens with one attached hydrogen (secondary N) is 2. The van der Waals surface area contributed by atoms with Gasteiger partial charge in [-0.05, 0) is 72.4 Å². The predicted molar refractivity (Wildman–Crippen MR) is 129 cm³/mol. The van der Waals surface area contributed by atoms with E-state index in [1.807, 2.05) is 18.2 Å². The van der Waals surface area contributed by atoms with Gasteiger partial charge in [0, 0.05) is 37.3 Å². The zero-order valence-electron chi connectivity index (χ0n) is 19.5. The summed E-state index contributed by atoms with van der Waals surface area (Å²) in [6, 6.07) is 12.2. The third-order valence-electron chi connectivity index (χ3n) is 5.87. The van der Waals surface area contributed by atoms with Crippen LogP contribution in [0.1, 0.15) is 35.6 Å². The highest BCUT2D eigenvalue weighted by molar-refractivity contribution is 5.93. The predicted octanol–water partition coefficient (Wildman–Crippen LogP) is 5.05. The fourth-order valence-electron chi connectivity index (χ4n) is 4.17. The summed E-state index contributed by atoms with van der Waals surface area (Å²) in [5, 5.41) is 5.23. The lowest BCUT2D eigenvalue weighted by Crippen LogP contribution is -2.28. The van der Waals surface area contributed by atoms with Crippen molar-refractivity contribution in [1.82, 2.24) is 4.98 Å². The highest BCUT2D eigenvalue weighted by Gasteiger charge is 2.32. The summed E-state index contributed by atoms with van der Waals surface area (Å²) in [5.41, 5.74) is 7.07.